The third-order valence-corrected chi connectivity index (χ3v) is 2.26. The van der Waals surface area contributed by atoms with Gasteiger partial charge in [-0.15, -0.1) is 0 Å². The lowest BCUT2D eigenvalue weighted by molar-refractivity contribution is 0.572. The largest absolute Gasteiger partial charge is 0.463 e. The monoisotopic (exact) mass is 205 g/mol. The molecular formula is C11H15N3O. The number of aromatic nitrogens is 2. The minimum absolute atomic E-state index is 0.797. The number of aryl methyl sites for hydroxylation is 1. The Balaban J connectivity index is 2.22. The Morgan fingerprint density at radius 1 is 1.53 bits per heavy atom. The molecule has 0 saturated carbocycles. The van der Waals surface area contributed by atoms with Gasteiger partial charge in [0.05, 0.1) is 12.0 Å². The van der Waals surface area contributed by atoms with Gasteiger partial charge < -0.3 is 9.73 Å². The summed E-state index contributed by atoms with van der Waals surface area (Å²) in [5, 5.41) is 7.64. The fraction of sp³-hybridized carbons (Fsp3) is 0.364. The van der Waals surface area contributed by atoms with Crippen LogP contribution in [0.25, 0.3) is 11.5 Å². The molecule has 0 saturated heterocycles. The molecule has 0 spiro atoms. The maximum atomic E-state index is 5.34. The van der Waals surface area contributed by atoms with Gasteiger partial charge in [0.2, 0.25) is 0 Å². The van der Waals surface area contributed by atoms with Crippen LogP contribution in [0.2, 0.25) is 0 Å². The first-order chi connectivity index (χ1) is 7.31. The molecule has 0 aromatic carbocycles. The van der Waals surface area contributed by atoms with Gasteiger partial charge in [0.1, 0.15) is 5.69 Å². The van der Waals surface area contributed by atoms with Gasteiger partial charge in [0.25, 0.3) is 0 Å². The highest BCUT2D eigenvalue weighted by atomic mass is 16.3. The number of nitrogens with one attached hydrogen (secondary N) is 1. The maximum absolute atomic E-state index is 5.34. The Morgan fingerprint density at radius 3 is 3.07 bits per heavy atom. The number of hydrogen-bond acceptors (Lipinski definition) is 3. The zero-order valence-electron chi connectivity index (χ0n) is 9.03. The van der Waals surface area contributed by atoms with E-state index in [0.29, 0.717) is 0 Å². The Kier molecular flexibility index (Phi) is 2.87. The average Bonchev–Trinajstić information content (AvgIpc) is 2.83. The second kappa shape index (κ2) is 4.31. The van der Waals surface area contributed by atoms with Gasteiger partial charge in [-0.1, -0.05) is 6.92 Å². The molecule has 80 valence electrons. The first-order valence-electron chi connectivity index (χ1n) is 5.08. The molecule has 0 unspecified atom stereocenters. The number of furan rings is 1. The average molecular weight is 205 g/mol. The Morgan fingerprint density at radius 2 is 2.40 bits per heavy atom. The number of nitrogens with zero attached hydrogens (tertiary/aromatic N) is 2. The van der Waals surface area contributed by atoms with Crippen LogP contribution in [-0.2, 0) is 13.6 Å². The summed E-state index contributed by atoms with van der Waals surface area (Å²) in [4.78, 5) is 0. The van der Waals surface area contributed by atoms with E-state index in [1.165, 1.54) is 0 Å². The molecule has 15 heavy (non-hydrogen) atoms. The van der Waals surface area contributed by atoms with Crippen LogP contribution in [0, 0.1) is 0 Å². The van der Waals surface area contributed by atoms with Gasteiger partial charge in [-0.05, 0) is 24.7 Å². The second-order valence-electron chi connectivity index (χ2n) is 3.40. The molecule has 0 atom stereocenters. The summed E-state index contributed by atoms with van der Waals surface area (Å²) < 4.78 is 7.18. The van der Waals surface area contributed by atoms with Gasteiger partial charge in [-0.3, -0.25) is 4.68 Å². The van der Waals surface area contributed by atoms with Gasteiger partial charge in [0, 0.05) is 13.6 Å². The zero-order chi connectivity index (χ0) is 10.7. The summed E-state index contributed by atoms with van der Waals surface area (Å²) in [5.41, 5.74) is 2.04. The van der Waals surface area contributed by atoms with Crippen molar-refractivity contribution in [2.24, 2.45) is 7.05 Å². The second-order valence-corrected chi connectivity index (χ2v) is 3.40. The van der Waals surface area contributed by atoms with Crippen LogP contribution in [0.3, 0.4) is 0 Å². The van der Waals surface area contributed by atoms with E-state index >= 15 is 0 Å². The molecule has 0 radical (unpaired) electrons. The summed E-state index contributed by atoms with van der Waals surface area (Å²) in [7, 11) is 1.92. The molecule has 2 aromatic heterocycles. The van der Waals surface area contributed by atoms with E-state index in [4.69, 9.17) is 4.42 Å². The number of hydrogen-bond donors (Lipinski definition) is 1. The van der Waals surface area contributed by atoms with E-state index in [1.54, 1.807) is 6.26 Å². The van der Waals surface area contributed by atoms with E-state index in [1.807, 2.05) is 29.9 Å². The molecule has 0 amide bonds. The zero-order valence-corrected chi connectivity index (χ0v) is 9.03. The molecule has 0 aliphatic rings. The molecule has 2 heterocycles. The van der Waals surface area contributed by atoms with E-state index in [-0.39, 0.29) is 0 Å². The minimum atomic E-state index is 0.797. The van der Waals surface area contributed by atoms with Crippen molar-refractivity contribution in [2.75, 3.05) is 6.54 Å². The fourth-order valence-corrected chi connectivity index (χ4v) is 1.52. The van der Waals surface area contributed by atoms with Crippen molar-refractivity contribution in [2.45, 2.75) is 13.5 Å². The van der Waals surface area contributed by atoms with E-state index < -0.39 is 0 Å². The van der Waals surface area contributed by atoms with Crippen molar-refractivity contribution in [1.82, 2.24) is 15.1 Å². The highest BCUT2D eigenvalue weighted by Crippen LogP contribution is 2.19. The standard InChI is InChI=1S/C11H15N3O/c1-3-12-8-9-7-10(14(2)13-9)11-5-4-6-15-11/h4-7,12H,3,8H2,1-2H3. The van der Waals surface area contributed by atoms with E-state index in [2.05, 4.69) is 17.3 Å². The Hall–Kier alpha value is -1.55. The molecule has 4 heteroatoms. The van der Waals surface area contributed by atoms with Gasteiger partial charge in [-0.25, -0.2) is 0 Å². The Labute approximate surface area is 88.9 Å². The predicted molar refractivity (Wildman–Crippen MR) is 58.3 cm³/mol. The SMILES string of the molecule is CCNCc1cc(-c2ccco2)n(C)n1. The smallest absolute Gasteiger partial charge is 0.151 e. The first kappa shape index (κ1) is 9.98. The molecular weight excluding hydrogens is 190 g/mol. The van der Waals surface area contributed by atoms with Crippen molar-refractivity contribution in [3.8, 4) is 11.5 Å². The predicted octanol–water partition coefficient (Wildman–Crippen LogP) is 1.79. The normalized spacial score (nSPS) is 10.8. The van der Waals surface area contributed by atoms with Crippen LogP contribution in [-0.4, -0.2) is 16.3 Å². The molecule has 0 bridgehead atoms. The Bertz CT molecular complexity index is 417. The van der Waals surface area contributed by atoms with Crippen LogP contribution in [0.1, 0.15) is 12.6 Å². The van der Waals surface area contributed by atoms with Crippen molar-refractivity contribution in [1.29, 1.82) is 0 Å². The van der Waals surface area contributed by atoms with Crippen molar-refractivity contribution < 1.29 is 4.42 Å². The molecule has 1 N–H and O–H groups in total. The lowest BCUT2D eigenvalue weighted by Crippen LogP contribution is -2.12. The fourth-order valence-electron chi connectivity index (χ4n) is 1.52. The van der Waals surface area contributed by atoms with E-state index in [9.17, 15) is 0 Å². The summed E-state index contributed by atoms with van der Waals surface area (Å²) in [6, 6.07) is 5.86. The molecule has 0 fully saturated rings. The van der Waals surface area contributed by atoms with Crippen LogP contribution in [0.15, 0.2) is 28.9 Å². The summed E-state index contributed by atoms with van der Waals surface area (Å²) in [6.45, 7) is 3.83. The van der Waals surface area contributed by atoms with Crippen LogP contribution < -0.4 is 5.32 Å². The van der Waals surface area contributed by atoms with Crippen LogP contribution in [0.5, 0.6) is 0 Å². The molecule has 2 rings (SSSR count). The van der Waals surface area contributed by atoms with E-state index in [0.717, 1.165) is 30.2 Å². The molecule has 0 aliphatic heterocycles. The lowest BCUT2D eigenvalue weighted by atomic mass is 10.3. The number of rotatable bonds is 4. The van der Waals surface area contributed by atoms with Crippen molar-refractivity contribution in [3.05, 3.63) is 30.2 Å². The third kappa shape index (κ3) is 2.10. The topological polar surface area (TPSA) is 43.0 Å². The maximum Gasteiger partial charge on any atom is 0.151 e. The van der Waals surface area contributed by atoms with Crippen LogP contribution in [0.4, 0.5) is 0 Å². The van der Waals surface area contributed by atoms with Gasteiger partial charge in [-0.2, -0.15) is 5.10 Å². The lowest BCUT2D eigenvalue weighted by Gasteiger charge is -1.95. The highest BCUT2D eigenvalue weighted by molar-refractivity contribution is 5.52. The molecule has 2 aromatic rings. The first-order valence-corrected chi connectivity index (χ1v) is 5.08. The van der Waals surface area contributed by atoms with Gasteiger partial charge in [0.15, 0.2) is 5.76 Å². The molecule has 4 nitrogen and oxygen atoms in total. The minimum Gasteiger partial charge on any atom is -0.463 e. The summed E-state index contributed by atoms with van der Waals surface area (Å²) in [6.07, 6.45) is 1.67. The van der Waals surface area contributed by atoms with Crippen molar-refractivity contribution in [3.63, 3.8) is 0 Å². The summed E-state index contributed by atoms with van der Waals surface area (Å²) >= 11 is 0. The highest BCUT2D eigenvalue weighted by Gasteiger charge is 2.08. The quantitative estimate of drug-likeness (QED) is 0.827. The van der Waals surface area contributed by atoms with Crippen LogP contribution >= 0.6 is 0 Å². The van der Waals surface area contributed by atoms with Crippen molar-refractivity contribution >= 4 is 0 Å². The van der Waals surface area contributed by atoms with Gasteiger partial charge >= 0.3 is 0 Å². The third-order valence-electron chi connectivity index (χ3n) is 2.26. The molecule has 0 aliphatic carbocycles. The summed E-state index contributed by atoms with van der Waals surface area (Å²) in [5.74, 6) is 0.854.